The van der Waals surface area contributed by atoms with Gasteiger partial charge < -0.3 is 9.84 Å². The fourth-order valence-corrected chi connectivity index (χ4v) is 3.20. The van der Waals surface area contributed by atoms with Crippen LogP contribution in [0, 0.1) is 5.82 Å². The molecule has 2 atom stereocenters. The van der Waals surface area contributed by atoms with Crippen molar-refractivity contribution in [1.82, 2.24) is 0 Å². The highest BCUT2D eigenvalue weighted by molar-refractivity contribution is 7.99. The summed E-state index contributed by atoms with van der Waals surface area (Å²) in [5, 5.41) is 9.89. The Balaban J connectivity index is 1.61. The second kappa shape index (κ2) is 7.88. The Hall–Kier alpha value is -0.580. The van der Waals surface area contributed by atoms with E-state index in [2.05, 4.69) is 0 Å². The van der Waals surface area contributed by atoms with Crippen molar-refractivity contribution in [3.05, 3.63) is 30.1 Å². The maximum absolute atomic E-state index is 13.4. The fraction of sp³-hybridized carbons (Fsp3) is 0.600. The molecular formula is C15H21FO2S. The van der Waals surface area contributed by atoms with E-state index in [0.717, 1.165) is 38.7 Å². The average molecular weight is 284 g/mol. The van der Waals surface area contributed by atoms with Gasteiger partial charge in [-0.15, -0.1) is 11.8 Å². The molecule has 1 aliphatic rings. The molecule has 0 radical (unpaired) electrons. The van der Waals surface area contributed by atoms with E-state index in [4.69, 9.17) is 4.74 Å². The number of aliphatic hydroxyl groups is 1. The van der Waals surface area contributed by atoms with Crippen molar-refractivity contribution < 1.29 is 14.2 Å². The van der Waals surface area contributed by atoms with Crippen LogP contribution in [0.2, 0.25) is 0 Å². The number of rotatable bonds is 7. The summed E-state index contributed by atoms with van der Waals surface area (Å²) in [7, 11) is 0. The van der Waals surface area contributed by atoms with Crippen LogP contribution in [0.5, 0.6) is 0 Å². The third-order valence-electron chi connectivity index (χ3n) is 3.36. The number of benzene rings is 1. The Morgan fingerprint density at radius 1 is 1.42 bits per heavy atom. The van der Waals surface area contributed by atoms with Gasteiger partial charge in [-0.1, -0.05) is 12.1 Å². The van der Waals surface area contributed by atoms with Crippen LogP contribution in [-0.2, 0) is 4.74 Å². The zero-order valence-corrected chi connectivity index (χ0v) is 11.9. The Kier molecular flexibility index (Phi) is 6.14. The van der Waals surface area contributed by atoms with Gasteiger partial charge in [-0.25, -0.2) is 4.39 Å². The van der Waals surface area contributed by atoms with Gasteiger partial charge in [0.25, 0.3) is 0 Å². The summed E-state index contributed by atoms with van der Waals surface area (Å²) in [5.74, 6) is 0.339. The first kappa shape index (κ1) is 14.8. The Bertz CT molecular complexity index is 380. The normalized spacial score (nSPS) is 20.6. The topological polar surface area (TPSA) is 29.5 Å². The summed E-state index contributed by atoms with van der Waals surface area (Å²) >= 11 is 1.38. The molecule has 2 nitrogen and oxygen atoms in total. The summed E-state index contributed by atoms with van der Waals surface area (Å²) in [6.07, 6.45) is 5.11. The predicted octanol–water partition coefficient (Wildman–Crippen LogP) is 3.63. The quantitative estimate of drug-likeness (QED) is 0.775. The van der Waals surface area contributed by atoms with E-state index < -0.39 is 0 Å². The summed E-state index contributed by atoms with van der Waals surface area (Å²) < 4.78 is 18.9. The molecule has 19 heavy (non-hydrogen) atoms. The molecule has 1 aliphatic heterocycles. The van der Waals surface area contributed by atoms with Crippen LogP contribution >= 0.6 is 11.8 Å². The van der Waals surface area contributed by atoms with Crippen LogP contribution in [0.3, 0.4) is 0 Å². The van der Waals surface area contributed by atoms with Gasteiger partial charge in [0.2, 0.25) is 0 Å². The molecule has 0 spiro atoms. The van der Waals surface area contributed by atoms with Crippen LogP contribution in [0.25, 0.3) is 0 Å². The van der Waals surface area contributed by atoms with Gasteiger partial charge in [0.1, 0.15) is 5.82 Å². The zero-order valence-electron chi connectivity index (χ0n) is 11.1. The minimum absolute atomic E-state index is 0.209. The van der Waals surface area contributed by atoms with Gasteiger partial charge in [-0.05, 0) is 44.2 Å². The van der Waals surface area contributed by atoms with E-state index in [1.54, 1.807) is 12.1 Å². The largest absolute Gasteiger partial charge is 0.392 e. The van der Waals surface area contributed by atoms with Crippen LogP contribution < -0.4 is 0 Å². The van der Waals surface area contributed by atoms with Crippen LogP contribution in [0.15, 0.2) is 29.2 Å². The van der Waals surface area contributed by atoms with Crippen LogP contribution in [-0.4, -0.2) is 29.7 Å². The van der Waals surface area contributed by atoms with E-state index in [1.165, 1.54) is 17.8 Å². The van der Waals surface area contributed by atoms with Gasteiger partial charge in [-0.3, -0.25) is 0 Å². The van der Waals surface area contributed by atoms with Crippen molar-refractivity contribution in [2.45, 2.75) is 49.2 Å². The summed E-state index contributed by atoms with van der Waals surface area (Å²) in [6.45, 7) is 0.885. The highest BCUT2D eigenvalue weighted by Crippen LogP contribution is 2.24. The van der Waals surface area contributed by atoms with Crippen molar-refractivity contribution in [2.75, 3.05) is 12.4 Å². The van der Waals surface area contributed by atoms with Crippen molar-refractivity contribution in [3.8, 4) is 0 Å². The second-order valence-corrected chi connectivity index (χ2v) is 6.02. The number of hydrogen-bond acceptors (Lipinski definition) is 3. The highest BCUT2D eigenvalue weighted by atomic mass is 32.2. The minimum atomic E-state index is -0.369. The molecule has 1 saturated heterocycles. The molecule has 2 unspecified atom stereocenters. The zero-order chi connectivity index (χ0) is 13.5. The molecule has 1 heterocycles. The van der Waals surface area contributed by atoms with E-state index in [-0.39, 0.29) is 11.9 Å². The maximum Gasteiger partial charge on any atom is 0.136 e. The SMILES string of the molecule is OC(CCCC1CCCO1)CSc1ccccc1F. The molecule has 0 aromatic heterocycles. The first-order valence-corrected chi connectivity index (χ1v) is 7.91. The predicted molar refractivity (Wildman–Crippen MR) is 76.0 cm³/mol. The van der Waals surface area contributed by atoms with Gasteiger partial charge in [0.15, 0.2) is 0 Å². The number of aliphatic hydroxyl groups excluding tert-OH is 1. The molecule has 1 N–H and O–H groups in total. The summed E-state index contributed by atoms with van der Waals surface area (Å²) in [6, 6.07) is 6.69. The molecule has 1 aromatic rings. The van der Waals surface area contributed by atoms with Gasteiger partial charge in [0.05, 0.1) is 12.2 Å². The maximum atomic E-state index is 13.4. The first-order valence-electron chi connectivity index (χ1n) is 6.92. The van der Waals surface area contributed by atoms with Crippen molar-refractivity contribution >= 4 is 11.8 Å². The molecule has 1 aromatic carbocycles. The van der Waals surface area contributed by atoms with E-state index in [1.807, 2.05) is 6.07 Å². The number of hydrogen-bond donors (Lipinski definition) is 1. The Morgan fingerprint density at radius 3 is 3.00 bits per heavy atom. The lowest BCUT2D eigenvalue weighted by atomic mass is 10.1. The molecule has 0 bridgehead atoms. The lowest BCUT2D eigenvalue weighted by molar-refractivity contribution is 0.0966. The van der Waals surface area contributed by atoms with Gasteiger partial charge in [0, 0.05) is 17.3 Å². The van der Waals surface area contributed by atoms with Crippen LogP contribution in [0.4, 0.5) is 4.39 Å². The third-order valence-corrected chi connectivity index (χ3v) is 4.55. The smallest absolute Gasteiger partial charge is 0.136 e. The molecule has 1 fully saturated rings. The minimum Gasteiger partial charge on any atom is -0.392 e. The Morgan fingerprint density at radius 2 is 2.26 bits per heavy atom. The average Bonchev–Trinajstić information content (AvgIpc) is 2.91. The standard InChI is InChI=1S/C15H21FO2S/c16-14-8-1-2-9-15(14)19-11-12(17)5-3-6-13-7-4-10-18-13/h1-2,8-9,12-13,17H,3-7,10-11H2. The molecule has 106 valence electrons. The number of ether oxygens (including phenoxy) is 1. The van der Waals surface area contributed by atoms with E-state index in [9.17, 15) is 9.50 Å². The van der Waals surface area contributed by atoms with Crippen molar-refractivity contribution in [2.24, 2.45) is 0 Å². The van der Waals surface area contributed by atoms with Crippen LogP contribution in [0.1, 0.15) is 32.1 Å². The molecule has 4 heteroatoms. The number of halogens is 1. The molecule has 2 rings (SSSR count). The summed E-state index contributed by atoms with van der Waals surface area (Å²) in [5.41, 5.74) is 0. The lowest BCUT2D eigenvalue weighted by Crippen LogP contribution is -2.12. The molecule has 0 aliphatic carbocycles. The number of thioether (sulfide) groups is 1. The third kappa shape index (κ3) is 5.13. The fourth-order valence-electron chi connectivity index (χ4n) is 2.28. The van der Waals surface area contributed by atoms with Crippen molar-refractivity contribution in [1.29, 1.82) is 0 Å². The molecular weight excluding hydrogens is 263 g/mol. The second-order valence-electron chi connectivity index (χ2n) is 4.96. The monoisotopic (exact) mass is 284 g/mol. The molecule has 0 amide bonds. The molecule has 0 saturated carbocycles. The Labute approximate surface area is 118 Å². The summed E-state index contributed by atoms with van der Waals surface area (Å²) in [4.78, 5) is 0.612. The van der Waals surface area contributed by atoms with Gasteiger partial charge >= 0.3 is 0 Å². The van der Waals surface area contributed by atoms with E-state index in [0.29, 0.717) is 16.8 Å². The lowest BCUT2D eigenvalue weighted by Gasteiger charge is -2.12. The first-order chi connectivity index (χ1) is 9.25. The van der Waals surface area contributed by atoms with Crippen molar-refractivity contribution in [3.63, 3.8) is 0 Å². The van der Waals surface area contributed by atoms with E-state index >= 15 is 0 Å². The highest BCUT2D eigenvalue weighted by Gasteiger charge is 2.15. The van der Waals surface area contributed by atoms with Gasteiger partial charge in [-0.2, -0.15) is 0 Å².